The summed E-state index contributed by atoms with van der Waals surface area (Å²) in [6.07, 6.45) is -0.308. The fourth-order valence-corrected chi connectivity index (χ4v) is 6.85. The summed E-state index contributed by atoms with van der Waals surface area (Å²) < 4.78 is 2.34. The molecule has 47 heavy (non-hydrogen) atoms. The zero-order valence-electron chi connectivity index (χ0n) is 25.6. The molecule has 8 aromatic rings. The summed E-state index contributed by atoms with van der Waals surface area (Å²) in [5.74, 6) is 1.53. The molecule has 0 spiro atoms. The van der Waals surface area contributed by atoms with Crippen LogP contribution in [0.25, 0.3) is 49.4 Å². The van der Waals surface area contributed by atoms with Crippen LogP contribution in [-0.2, 0) is 0 Å². The van der Waals surface area contributed by atoms with E-state index in [1.807, 2.05) is 18.2 Å². The normalized spacial score (nSPS) is 14.6. The standard InChI is InChI=1S/C43H30N4/c1-3-13-29(14-4-1)33-27-28-38(35-18-8-7-17-34(33)35)43-45-41(30-15-5-2-6-16-30)44-42(46-43)31-23-25-32(26-24-31)47-39-21-11-9-19-36(39)37-20-10-12-22-40(37)47/h1-28,42H,(H,44,45,46). The summed E-state index contributed by atoms with van der Waals surface area (Å²) in [5, 5.41) is 8.55. The van der Waals surface area contributed by atoms with Gasteiger partial charge in [0.2, 0.25) is 0 Å². The van der Waals surface area contributed by atoms with E-state index in [0.29, 0.717) is 5.84 Å². The smallest absolute Gasteiger partial charge is 0.159 e. The molecule has 0 saturated heterocycles. The second-order valence-corrected chi connectivity index (χ2v) is 11.9. The Morgan fingerprint density at radius 2 is 0.957 bits per heavy atom. The van der Waals surface area contributed by atoms with Crippen LogP contribution in [0.2, 0.25) is 0 Å². The summed E-state index contributed by atoms with van der Waals surface area (Å²) in [6, 6.07) is 59.8. The van der Waals surface area contributed by atoms with Crippen molar-refractivity contribution in [3.8, 4) is 16.8 Å². The lowest BCUT2D eigenvalue weighted by Crippen LogP contribution is -2.33. The lowest BCUT2D eigenvalue weighted by molar-refractivity contribution is 0.674. The molecule has 9 rings (SSSR count). The molecule has 0 fully saturated rings. The number of nitrogens with zero attached hydrogens (tertiary/aromatic N) is 3. The topological polar surface area (TPSA) is 41.7 Å². The third-order valence-electron chi connectivity index (χ3n) is 9.09. The molecule has 1 N–H and O–H groups in total. The number of nitrogens with one attached hydrogen (secondary N) is 1. The Morgan fingerprint density at radius 3 is 1.60 bits per heavy atom. The van der Waals surface area contributed by atoms with Crippen LogP contribution in [0, 0.1) is 0 Å². The molecule has 1 aliphatic heterocycles. The average Bonchev–Trinajstić information content (AvgIpc) is 3.49. The molecule has 0 saturated carbocycles. The quantitative estimate of drug-likeness (QED) is 0.209. The van der Waals surface area contributed by atoms with Gasteiger partial charge in [0.05, 0.1) is 11.0 Å². The van der Waals surface area contributed by atoms with E-state index >= 15 is 0 Å². The van der Waals surface area contributed by atoms with Gasteiger partial charge < -0.3 is 9.88 Å². The molecule has 4 nitrogen and oxygen atoms in total. The van der Waals surface area contributed by atoms with Crippen LogP contribution < -0.4 is 5.32 Å². The highest BCUT2D eigenvalue weighted by Crippen LogP contribution is 2.34. The largest absolute Gasteiger partial charge is 0.344 e. The fraction of sp³-hybridized carbons (Fsp3) is 0.0233. The second kappa shape index (κ2) is 11.3. The molecule has 1 atom stereocenters. The third kappa shape index (κ3) is 4.70. The number of aliphatic imine (C=N–C) groups is 2. The Hall–Kier alpha value is -6.26. The van der Waals surface area contributed by atoms with Crippen LogP contribution in [0.5, 0.6) is 0 Å². The van der Waals surface area contributed by atoms with Gasteiger partial charge in [-0.3, -0.25) is 0 Å². The first kappa shape index (κ1) is 27.1. The maximum absolute atomic E-state index is 5.15. The maximum atomic E-state index is 5.15. The molecule has 0 radical (unpaired) electrons. The van der Waals surface area contributed by atoms with Crippen molar-refractivity contribution in [1.82, 2.24) is 9.88 Å². The predicted octanol–water partition coefficient (Wildman–Crippen LogP) is 10.1. The van der Waals surface area contributed by atoms with E-state index in [1.54, 1.807) is 0 Å². The van der Waals surface area contributed by atoms with Gasteiger partial charge >= 0.3 is 0 Å². The first-order valence-corrected chi connectivity index (χ1v) is 16.0. The van der Waals surface area contributed by atoms with Gasteiger partial charge in [-0.05, 0) is 51.7 Å². The van der Waals surface area contributed by atoms with Gasteiger partial charge in [0, 0.05) is 27.6 Å². The molecule has 1 aromatic heterocycles. The van der Waals surface area contributed by atoms with Crippen LogP contribution in [0.1, 0.15) is 22.9 Å². The van der Waals surface area contributed by atoms with E-state index in [4.69, 9.17) is 9.98 Å². The van der Waals surface area contributed by atoms with Crippen molar-refractivity contribution in [1.29, 1.82) is 0 Å². The Bertz CT molecular complexity index is 2420. The van der Waals surface area contributed by atoms with E-state index < -0.39 is 0 Å². The van der Waals surface area contributed by atoms with Crippen molar-refractivity contribution in [2.45, 2.75) is 6.17 Å². The van der Waals surface area contributed by atoms with Crippen molar-refractivity contribution < 1.29 is 0 Å². The van der Waals surface area contributed by atoms with Gasteiger partial charge in [-0.2, -0.15) is 0 Å². The molecular weight excluding hydrogens is 573 g/mol. The Morgan fingerprint density at radius 1 is 0.447 bits per heavy atom. The van der Waals surface area contributed by atoms with Crippen LogP contribution in [0.15, 0.2) is 180 Å². The maximum Gasteiger partial charge on any atom is 0.159 e. The highest BCUT2D eigenvalue weighted by atomic mass is 15.2. The van der Waals surface area contributed by atoms with Crippen LogP contribution >= 0.6 is 0 Å². The van der Waals surface area contributed by atoms with E-state index in [2.05, 4.69) is 162 Å². The van der Waals surface area contributed by atoms with Gasteiger partial charge in [-0.15, -0.1) is 0 Å². The number of amidine groups is 2. The minimum atomic E-state index is -0.308. The molecule has 7 aromatic carbocycles. The number of hydrogen-bond acceptors (Lipinski definition) is 3. The van der Waals surface area contributed by atoms with Crippen molar-refractivity contribution in [3.63, 3.8) is 0 Å². The SMILES string of the molecule is c1ccc(C2=NC(c3ccc(-n4c5ccccc5c5ccccc54)cc3)NC(c3ccc(-c4ccccc4)c4ccccc34)=N2)cc1. The molecule has 222 valence electrons. The Kier molecular flexibility index (Phi) is 6.50. The number of benzene rings is 7. The van der Waals surface area contributed by atoms with Crippen molar-refractivity contribution in [3.05, 3.63) is 187 Å². The van der Waals surface area contributed by atoms with Crippen LogP contribution in [0.3, 0.4) is 0 Å². The minimum Gasteiger partial charge on any atom is -0.344 e. The number of para-hydroxylation sites is 2. The summed E-state index contributed by atoms with van der Waals surface area (Å²) in [7, 11) is 0. The lowest BCUT2D eigenvalue weighted by atomic mass is 9.94. The molecule has 0 aliphatic carbocycles. The minimum absolute atomic E-state index is 0.308. The molecule has 4 heteroatoms. The van der Waals surface area contributed by atoms with Gasteiger partial charge in [0.25, 0.3) is 0 Å². The number of hydrogen-bond donors (Lipinski definition) is 1. The molecule has 0 bridgehead atoms. The van der Waals surface area contributed by atoms with E-state index in [9.17, 15) is 0 Å². The highest BCUT2D eigenvalue weighted by Gasteiger charge is 2.23. The average molecular weight is 603 g/mol. The van der Waals surface area contributed by atoms with Crippen molar-refractivity contribution >= 4 is 44.2 Å². The zero-order chi connectivity index (χ0) is 31.2. The highest BCUT2D eigenvalue weighted by molar-refractivity contribution is 6.19. The molecule has 1 aliphatic rings. The van der Waals surface area contributed by atoms with E-state index in [-0.39, 0.29) is 6.17 Å². The van der Waals surface area contributed by atoms with Crippen molar-refractivity contribution in [2.24, 2.45) is 9.98 Å². The van der Waals surface area contributed by atoms with Gasteiger partial charge in [0.1, 0.15) is 12.0 Å². The monoisotopic (exact) mass is 602 g/mol. The fourth-order valence-electron chi connectivity index (χ4n) is 6.85. The summed E-state index contributed by atoms with van der Waals surface area (Å²) in [4.78, 5) is 10.3. The summed E-state index contributed by atoms with van der Waals surface area (Å²) in [5.41, 5.74) is 9.02. The Labute approximate surface area is 273 Å². The first-order valence-electron chi connectivity index (χ1n) is 16.0. The lowest BCUT2D eigenvalue weighted by Gasteiger charge is -2.25. The third-order valence-corrected chi connectivity index (χ3v) is 9.09. The second-order valence-electron chi connectivity index (χ2n) is 11.9. The molecule has 2 heterocycles. The predicted molar refractivity (Wildman–Crippen MR) is 196 cm³/mol. The van der Waals surface area contributed by atoms with Crippen molar-refractivity contribution in [2.75, 3.05) is 0 Å². The number of fused-ring (bicyclic) bond motifs is 4. The van der Waals surface area contributed by atoms with E-state index in [1.165, 1.54) is 38.3 Å². The first-order chi connectivity index (χ1) is 23.3. The van der Waals surface area contributed by atoms with Crippen LogP contribution in [0.4, 0.5) is 0 Å². The van der Waals surface area contributed by atoms with Gasteiger partial charge in [0.15, 0.2) is 5.84 Å². The van der Waals surface area contributed by atoms with Gasteiger partial charge in [-0.25, -0.2) is 9.98 Å². The Balaban J connectivity index is 1.14. The molecule has 1 unspecified atom stereocenters. The number of aromatic nitrogens is 1. The van der Waals surface area contributed by atoms with E-state index in [0.717, 1.165) is 33.6 Å². The molecule has 0 amide bonds. The van der Waals surface area contributed by atoms with Crippen LogP contribution in [-0.4, -0.2) is 16.2 Å². The molecular formula is C43H30N4. The van der Waals surface area contributed by atoms with Gasteiger partial charge in [-0.1, -0.05) is 146 Å². The zero-order valence-corrected chi connectivity index (χ0v) is 25.6. The number of rotatable bonds is 5. The summed E-state index contributed by atoms with van der Waals surface area (Å²) >= 11 is 0. The summed E-state index contributed by atoms with van der Waals surface area (Å²) in [6.45, 7) is 0.